The number of thiophene rings is 1. The summed E-state index contributed by atoms with van der Waals surface area (Å²) in [7, 11) is 0. The first-order chi connectivity index (χ1) is 8.76. The lowest BCUT2D eigenvalue weighted by atomic mass is 10.2. The number of aromatic nitrogens is 2. The fraction of sp³-hybridized carbons (Fsp3) is 0.500. The summed E-state index contributed by atoms with van der Waals surface area (Å²) >= 11 is 1.62. The molecule has 0 radical (unpaired) electrons. The van der Waals surface area contributed by atoms with E-state index in [1.165, 1.54) is 0 Å². The fourth-order valence-corrected chi connectivity index (χ4v) is 2.35. The summed E-state index contributed by atoms with van der Waals surface area (Å²) in [4.78, 5) is 4.33. The molecule has 0 aliphatic heterocycles. The van der Waals surface area contributed by atoms with Crippen LogP contribution in [0.4, 0.5) is 0 Å². The molecule has 0 atom stereocenters. The van der Waals surface area contributed by atoms with Crippen molar-refractivity contribution in [3.05, 3.63) is 22.2 Å². The van der Waals surface area contributed by atoms with Gasteiger partial charge in [0.15, 0.2) is 0 Å². The number of ether oxygens (including phenoxy) is 2. The third-order valence-electron chi connectivity index (χ3n) is 2.38. The summed E-state index contributed by atoms with van der Waals surface area (Å²) in [5, 5.41) is 8.02. The van der Waals surface area contributed by atoms with Gasteiger partial charge in [-0.3, -0.25) is 0 Å². The Morgan fingerprint density at radius 3 is 2.56 bits per heavy atom. The van der Waals surface area contributed by atoms with Gasteiger partial charge in [-0.15, -0.1) is 0 Å². The predicted molar refractivity (Wildman–Crippen MR) is 68.3 cm³/mol. The first-order valence-electron chi connectivity index (χ1n) is 5.86. The van der Waals surface area contributed by atoms with Crippen LogP contribution in [0.3, 0.4) is 0 Å². The molecule has 0 saturated carbocycles. The molecule has 98 valence electrons. The monoisotopic (exact) mass is 268 g/mol. The normalized spacial score (nSPS) is 11.3. The van der Waals surface area contributed by atoms with Crippen LogP contribution in [0.25, 0.3) is 11.4 Å². The van der Waals surface area contributed by atoms with Gasteiger partial charge in [-0.25, -0.2) is 0 Å². The minimum Gasteiger partial charge on any atom is -0.345 e. The molecule has 0 aromatic carbocycles. The summed E-state index contributed by atoms with van der Waals surface area (Å²) in [5.74, 6) is 0.937. The SMILES string of the molecule is CCOC(OCC)c1nc(-c2cscc2C)no1. The summed E-state index contributed by atoms with van der Waals surface area (Å²) < 4.78 is 16.0. The summed E-state index contributed by atoms with van der Waals surface area (Å²) in [5.41, 5.74) is 2.12. The Labute approximate surface area is 110 Å². The molecule has 2 aromatic heterocycles. The lowest BCUT2D eigenvalue weighted by Crippen LogP contribution is -2.09. The van der Waals surface area contributed by atoms with E-state index in [1.54, 1.807) is 11.3 Å². The first kappa shape index (κ1) is 13.2. The van der Waals surface area contributed by atoms with Gasteiger partial charge in [0, 0.05) is 24.2 Å². The van der Waals surface area contributed by atoms with Crippen LogP contribution in [-0.4, -0.2) is 23.4 Å². The molecule has 6 heteroatoms. The first-order valence-corrected chi connectivity index (χ1v) is 6.80. The number of rotatable bonds is 6. The molecule has 2 aromatic rings. The van der Waals surface area contributed by atoms with Gasteiger partial charge in [0.25, 0.3) is 5.89 Å². The summed E-state index contributed by atoms with van der Waals surface area (Å²) in [6.45, 7) is 6.86. The van der Waals surface area contributed by atoms with Crippen LogP contribution in [0.1, 0.15) is 31.6 Å². The van der Waals surface area contributed by atoms with Crippen molar-refractivity contribution in [2.45, 2.75) is 27.1 Å². The average molecular weight is 268 g/mol. The molecule has 0 N–H and O–H groups in total. The van der Waals surface area contributed by atoms with Crippen molar-refractivity contribution in [3.63, 3.8) is 0 Å². The van der Waals surface area contributed by atoms with Gasteiger partial charge in [-0.2, -0.15) is 16.3 Å². The van der Waals surface area contributed by atoms with Gasteiger partial charge in [-0.1, -0.05) is 5.16 Å². The summed E-state index contributed by atoms with van der Waals surface area (Å²) in [6, 6.07) is 0. The van der Waals surface area contributed by atoms with E-state index in [1.807, 2.05) is 31.5 Å². The zero-order valence-electron chi connectivity index (χ0n) is 10.7. The highest BCUT2D eigenvalue weighted by Gasteiger charge is 2.20. The van der Waals surface area contributed by atoms with Gasteiger partial charge < -0.3 is 14.0 Å². The molecule has 2 rings (SSSR count). The average Bonchev–Trinajstić information content (AvgIpc) is 2.97. The van der Waals surface area contributed by atoms with Gasteiger partial charge >= 0.3 is 0 Å². The minimum atomic E-state index is -0.583. The Hall–Kier alpha value is -1.24. The molecule has 0 aliphatic rings. The second kappa shape index (κ2) is 6.08. The van der Waals surface area contributed by atoms with E-state index in [0.717, 1.165) is 11.1 Å². The van der Waals surface area contributed by atoms with Crippen molar-refractivity contribution >= 4 is 11.3 Å². The zero-order valence-corrected chi connectivity index (χ0v) is 11.5. The van der Waals surface area contributed by atoms with Gasteiger partial charge in [0.1, 0.15) is 0 Å². The van der Waals surface area contributed by atoms with Gasteiger partial charge in [0.05, 0.1) is 0 Å². The van der Waals surface area contributed by atoms with Crippen molar-refractivity contribution < 1.29 is 14.0 Å². The quantitative estimate of drug-likeness (QED) is 0.753. The molecule has 2 heterocycles. The highest BCUT2D eigenvalue weighted by Crippen LogP contribution is 2.26. The third kappa shape index (κ3) is 2.77. The smallest absolute Gasteiger partial charge is 0.283 e. The maximum atomic E-state index is 5.41. The van der Waals surface area contributed by atoms with Crippen LogP contribution >= 0.6 is 11.3 Å². The Morgan fingerprint density at radius 1 is 1.28 bits per heavy atom. The van der Waals surface area contributed by atoms with Crippen molar-refractivity contribution in [1.29, 1.82) is 0 Å². The molecule has 0 aliphatic carbocycles. The van der Waals surface area contributed by atoms with Crippen molar-refractivity contribution in [2.75, 3.05) is 13.2 Å². The van der Waals surface area contributed by atoms with Gasteiger partial charge in [-0.05, 0) is 31.7 Å². The van der Waals surface area contributed by atoms with Crippen molar-refractivity contribution in [1.82, 2.24) is 10.1 Å². The van der Waals surface area contributed by atoms with Crippen molar-refractivity contribution in [3.8, 4) is 11.4 Å². The van der Waals surface area contributed by atoms with E-state index < -0.39 is 6.29 Å². The van der Waals surface area contributed by atoms with E-state index in [0.29, 0.717) is 24.9 Å². The van der Waals surface area contributed by atoms with Crippen LogP contribution in [0, 0.1) is 6.92 Å². The molecule has 0 fully saturated rings. The molecule has 0 amide bonds. The fourth-order valence-electron chi connectivity index (χ4n) is 1.52. The van der Waals surface area contributed by atoms with E-state index in [-0.39, 0.29) is 0 Å². The number of aryl methyl sites for hydroxylation is 1. The largest absolute Gasteiger partial charge is 0.345 e. The molecule has 0 saturated heterocycles. The third-order valence-corrected chi connectivity index (χ3v) is 3.24. The van der Waals surface area contributed by atoms with Crippen LogP contribution in [0.2, 0.25) is 0 Å². The van der Waals surface area contributed by atoms with E-state index >= 15 is 0 Å². The van der Waals surface area contributed by atoms with E-state index in [9.17, 15) is 0 Å². The van der Waals surface area contributed by atoms with Crippen LogP contribution < -0.4 is 0 Å². The second-order valence-corrected chi connectivity index (χ2v) is 4.41. The highest BCUT2D eigenvalue weighted by atomic mass is 32.1. The van der Waals surface area contributed by atoms with Crippen LogP contribution in [-0.2, 0) is 9.47 Å². The minimum absolute atomic E-state index is 0.360. The Kier molecular flexibility index (Phi) is 4.46. The van der Waals surface area contributed by atoms with Crippen molar-refractivity contribution in [2.24, 2.45) is 0 Å². The van der Waals surface area contributed by atoms with Crippen LogP contribution in [0.5, 0.6) is 0 Å². The Balaban J connectivity index is 2.21. The molecular weight excluding hydrogens is 252 g/mol. The highest BCUT2D eigenvalue weighted by molar-refractivity contribution is 7.08. The Bertz CT molecular complexity index is 489. The molecule has 0 bridgehead atoms. The van der Waals surface area contributed by atoms with Gasteiger partial charge in [0.2, 0.25) is 12.1 Å². The molecule has 0 spiro atoms. The number of hydrogen-bond donors (Lipinski definition) is 0. The lowest BCUT2D eigenvalue weighted by Gasteiger charge is -2.11. The van der Waals surface area contributed by atoms with E-state index in [2.05, 4.69) is 10.1 Å². The zero-order chi connectivity index (χ0) is 13.0. The molecular formula is C12H16N2O3S. The second-order valence-electron chi connectivity index (χ2n) is 3.67. The van der Waals surface area contributed by atoms with E-state index in [4.69, 9.17) is 14.0 Å². The Morgan fingerprint density at radius 2 is 2.00 bits per heavy atom. The standard InChI is InChI=1S/C12H16N2O3S/c1-4-15-12(16-5-2)11-13-10(14-17-11)9-7-18-6-8(9)3/h6-7,12H,4-5H2,1-3H3. The topological polar surface area (TPSA) is 57.4 Å². The maximum Gasteiger partial charge on any atom is 0.283 e. The predicted octanol–water partition coefficient (Wildman–Crippen LogP) is 3.18. The van der Waals surface area contributed by atoms with Crippen LogP contribution in [0.15, 0.2) is 15.3 Å². The lowest BCUT2D eigenvalue weighted by molar-refractivity contribution is -0.155. The maximum absolute atomic E-state index is 5.41. The molecule has 18 heavy (non-hydrogen) atoms. The number of nitrogens with zero attached hydrogens (tertiary/aromatic N) is 2. The summed E-state index contributed by atoms with van der Waals surface area (Å²) in [6.07, 6.45) is -0.583. The molecule has 5 nitrogen and oxygen atoms in total. The molecule has 0 unspecified atom stereocenters. The number of hydrogen-bond acceptors (Lipinski definition) is 6.